The molecule has 0 spiro atoms. The second-order valence-corrected chi connectivity index (χ2v) is 5.98. The SMILES string of the molecule is Cc1cccc(C(C)NC(=O)CCC2CCNC2)c1C. The van der Waals surface area contributed by atoms with Crippen LogP contribution in [0.15, 0.2) is 18.2 Å². The van der Waals surface area contributed by atoms with Crippen molar-refractivity contribution in [1.82, 2.24) is 10.6 Å². The van der Waals surface area contributed by atoms with Crippen molar-refractivity contribution in [2.24, 2.45) is 5.92 Å². The highest BCUT2D eigenvalue weighted by Gasteiger charge is 2.17. The van der Waals surface area contributed by atoms with Crippen LogP contribution < -0.4 is 10.6 Å². The Kier molecular flexibility index (Phi) is 5.18. The summed E-state index contributed by atoms with van der Waals surface area (Å²) in [6.07, 6.45) is 2.85. The molecule has 0 aliphatic carbocycles. The van der Waals surface area contributed by atoms with Crippen molar-refractivity contribution in [2.75, 3.05) is 13.1 Å². The average Bonchev–Trinajstić information content (AvgIpc) is 2.92. The Morgan fingerprint density at radius 3 is 2.95 bits per heavy atom. The zero-order valence-electron chi connectivity index (χ0n) is 12.8. The minimum atomic E-state index is 0.0871. The molecule has 110 valence electrons. The maximum absolute atomic E-state index is 12.0. The van der Waals surface area contributed by atoms with Gasteiger partial charge in [-0.25, -0.2) is 0 Å². The molecule has 2 atom stereocenters. The summed E-state index contributed by atoms with van der Waals surface area (Å²) in [5.74, 6) is 0.849. The van der Waals surface area contributed by atoms with E-state index in [0.29, 0.717) is 12.3 Å². The fourth-order valence-corrected chi connectivity index (χ4v) is 2.93. The van der Waals surface area contributed by atoms with Gasteiger partial charge in [-0.1, -0.05) is 18.2 Å². The first kappa shape index (κ1) is 15.0. The van der Waals surface area contributed by atoms with Crippen molar-refractivity contribution >= 4 is 5.91 Å². The minimum absolute atomic E-state index is 0.0871. The average molecular weight is 274 g/mol. The van der Waals surface area contributed by atoms with Gasteiger partial charge in [-0.15, -0.1) is 0 Å². The topological polar surface area (TPSA) is 41.1 Å². The van der Waals surface area contributed by atoms with Gasteiger partial charge < -0.3 is 10.6 Å². The zero-order chi connectivity index (χ0) is 14.5. The lowest BCUT2D eigenvalue weighted by atomic mass is 9.98. The Labute approximate surface area is 122 Å². The lowest BCUT2D eigenvalue weighted by Crippen LogP contribution is -2.27. The molecule has 1 fully saturated rings. The summed E-state index contributed by atoms with van der Waals surface area (Å²) >= 11 is 0. The van der Waals surface area contributed by atoms with Crippen LogP contribution in [-0.4, -0.2) is 19.0 Å². The van der Waals surface area contributed by atoms with Gasteiger partial charge in [0.05, 0.1) is 6.04 Å². The smallest absolute Gasteiger partial charge is 0.220 e. The molecule has 20 heavy (non-hydrogen) atoms. The molecule has 1 heterocycles. The third-order valence-electron chi connectivity index (χ3n) is 4.43. The third kappa shape index (κ3) is 3.83. The first-order chi connectivity index (χ1) is 9.58. The second-order valence-electron chi connectivity index (χ2n) is 5.98. The quantitative estimate of drug-likeness (QED) is 0.867. The number of nitrogens with one attached hydrogen (secondary N) is 2. The maximum atomic E-state index is 12.0. The summed E-state index contributed by atoms with van der Waals surface area (Å²) < 4.78 is 0. The van der Waals surface area contributed by atoms with E-state index < -0.39 is 0 Å². The van der Waals surface area contributed by atoms with E-state index in [4.69, 9.17) is 0 Å². The third-order valence-corrected chi connectivity index (χ3v) is 4.43. The van der Waals surface area contributed by atoms with Crippen LogP contribution in [0.4, 0.5) is 0 Å². The lowest BCUT2D eigenvalue weighted by Gasteiger charge is -2.18. The Bertz CT molecular complexity index is 464. The largest absolute Gasteiger partial charge is 0.350 e. The van der Waals surface area contributed by atoms with Gasteiger partial charge in [-0.3, -0.25) is 4.79 Å². The van der Waals surface area contributed by atoms with Crippen molar-refractivity contribution in [1.29, 1.82) is 0 Å². The first-order valence-electron chi connectivity index (χ1n) is 7.64. The molecule has 1 aromatic carbocycles. The molecule has 0 saturated carbocycles. The van der Waals surface area contributed by atoms with Gasteiger partial charge in [0.2, 0.25) is 5.91 Å². The Hall–Kier alpha value is -1.35. The Morgan fingerprint density at radius 2 is 2.25 bits per heavy atom. The fourth-order valence-electron chi connectivity index (χ4n) is 2.93. The van der Waals surface area contributed by atoms with Crippen LogP contribution in [0.5, 0.6) is 0 Å². The molecule has 1 aliphatic heterocycles. The van der Waals surface area contributed by atoms with Gasteiger partial charge in [0.25, 0.3) is 0 Å². The molecule has 2 unspecified atom stereocenters. The minimum Gasteiger partial charge on any atom is -0.350 e. The molecule has 0 bridgehead atoms. The molecular formula is C17H26N2O. The van der Waals surface area contributed by atoms with E-state index in [0.717, 1.165) is 19.5 Å². The number of hydrogen-bond donors (Lipinski definition) is 2. The normalized spacial score (nSPS) is 19.9. The fraction of sp³-hybridized carbons (Fsp3) is 0.588. The summed E-state index contributed by atoms with van der Waals surface area (Å²) in [5, 5.41) is 6.47. The molecular weight excluding hydrogens is 248 g/mol. The first-order valence-corrected chi connectivity index (χ1v) is 7.64. The van der Waals surface area contributed by atoms with Gasteiger partial charge in [0.1, 0.15) is 0 Å². The van der Waals surface area contributed by atoms with Crippen LogP contribution in [0.3, 0.4) is 0 Å². The number of rotatable bonds is 5. The number of carbonyl (C=O) groups excluding carboxylic acids is 1. The Balaban J connectivity index is 1.85. The highest BCUT2D eigenvalue weighted by Crippen LogP contribution is 2.20. The van der Waals surface area contributed by atoms with E-state index in [9.17, 15) is 4.79 Å². The van der Waals surface area contributed by atoms with E-state index in [1.165, 1.54) is 23.1 Å². The molecule has 1 aliphatic rings. The van der Waals surface area contributed by atoms with Crippen molar-refractivity contribution in [2.45, 2.75) is 46.1 Å². The van der Waals surface area contributed by atoms with Crippen LogP contribution in [0.25, 0.3) is 0 Å². The lowest BCUT2D eigenvalue weighted by molar-refractivity contribution is -0.122. The van der Waals surface area contributed by atoms with E-state index in [2.05, 4.69) is 49.6 Å². The van der Waals surface area contributed by atoms with Gasteiger partial charge in [0, 0.05) is 6.42 Å². The van der Waals surface area contributed by atoms with Crippen LogP contribution in [0.2, 0.25) is 0 Å². The van der Waals surface area contributed by atoms with E-state index in [1.807, 2.05) is 0 Å². The zero-order valence-corrected chi connectivity index (χ0v) is 12.8. The number of hydrogen-bond acceptors (Lipinski definition) is 2. The number of amides is 1. The van der Waals surface area contributed by atoms with Gasteiger partial charge in [-0.05, 0) is 69.3 Å². The van der Waals surface area contributed by atoms with Crippen LogP contribution >= 0.6 is 0 Å². The van der Waals surface area contributed by atoms with Crippen molar-refractivity contribution in [3.05, 3.63) is 34.9 Å². The summed E-state index contributed by atoms with van der Waals surface area (Å²) in [6, 6.07) is 6.36. The van der Waals surface area contributed by atoms with Gasteiger partial charge >= 0.3 is 0 Å². The van der Waals surface area contributed by atoms with Gasteiger partial charge in [0.15, 0.2) is 0 Å². The number of benzene rings is 1. The molecule has 2 rings (SSSR count). The molecule has 1 saturated heterocycles. The monoisotopic (exact) mass is 274 g/mol. The molecule has 1 aromatic rings. The van der Waals surface area contributed by atoms with E-state index >= 15 is 0 Å². The summed E-state index contributed by atoms with van der Waals surface area (Å²) in [5.41, 5.74) is 3.78. The summed E-state index contributed by atoms with van der Waals surface area (Å²) in [6.45, 7) is 8.47. The van der Waals surface area contributed by atoms with Crippen molar-refractivity contribution < 1.29 is 4.79 Å². The summed E-state index contributed by atoms with van der Waals surface area (Å²) in [4.78, 5) is 12.0. The van der Waals surface area contributed by atoms with E-state index in [-0.39, 0.29) is 11.9 Å². The van der Waals surface area contributed by atoms with Crippen LogP contribution in [0.1, 0.15) is 48.9 Å². The molecule has 0 aromatic heterocycles. The maximum Gasteiger partial charge on any atom is 0.220 e. The van der Waals surface area contributed by atoms with Gasteiger partial charge in [-0.2, -0.15) is 0 Å². The standard InChI is InChI=1S/C17H26N2O/c1-12-5-4-6-16(13(12)2)14(3)19-17(20)8-7-15-9-10-18-11-15/h4-6,14-15,18H,7-11H2,1-3H3,(H,19,20). The highest BCUT2D eigenvalue weighted by atomic mass is 16.1. The highest BCUT2D eigenvalue weighted by molar-refractivity contribution is 5.76. The van der Waals surface area contributed by atoms with Crippen LogP contribution in [0, 0.1) is 19.8 Å². The predicted octanol–water partition coefficient (Wildman–Crippen LogP) is 2.87. The molecule has 2 N–H and O–H groups in total. The number of aryl methyl sites for hydroxylation is 1. The van der Waals surface area contributed by atoms with Crippen LogP contribution in [-0.2, 0) is 4.79 Å². The molecule has 0 radical (unpaired) electrons. The van der Waals surface area contributed by atoms with E-state index in [1.54, 1.807) is 0 Å². The molecule has 3 nitrogen and oxygen atoms in total. The molecule has 3 heteroatoms. The Morgan fingerprint density at radius 1 is 1.45 bits per heavy atom. The predicted molar refractivity (Wildman–Crippen MR) is 82.7 cm³/mol. The summed E-state index contributed by atoms with van der Waals surface area (Å²) in [7, 11) is 0. The number of carbonyl (C=O) groups is 1. The van der Waals surface area contributed by atoms with Crippen molar-refractivity contribution in [3.63, 3.8) is 0 Å². The molecule has 1 amide bonds. The second kappa shape index (κ2) is 6.89. The van der Waals surface area contributed by atoms with Crippen molar-refractivity contribution in [3.8, 4) is 0 Å².